The van der Waals surface area contributed by atoms with E-state index in [-0.39, 0.29) is 10.8 Å². The van der Waals surface area contributed by atoms with Crippen molar-refractivity contribution in [3.63, 3.8) is 0 Å². The Bertz CT molecular complexity index is 3710. The van der Waals surface area contributed by atoms with Crippen molar-refractivity contribution in [3.8, 4) is 44.5 Å². The Labute approximate surface area is 379 Å². The molecule has 0 saturated heterocycles. The summed E-state index contributed by atoms with van der Waals surface area (Å²) in [6, 6.07) is 80.4. The number of furan rings is 1. The van der Waals surface area contributed by atoms with Crippen LogP contribution in [0.1, 0.15) is 48.6 Å². The predicted molar refractivity (Wildman–Crippen MR) is 272 cm³/mol. The molecule has 0 saturated carbocycles. The van der Waals surface area contributed by atoms with Gasteiger partial charge in [-0.05, 0) is 127 Å². The number of fused-ring (bicyclic) bond motifs is 11. The third-order valence-corrected chi connectivity index (χ3v) is 14.7. The molecule has 0 N–H and O–H groups in total. The van der Waals surface area contributed by atoms with Crippen LogP contribution in [-0.2, 0) is 10.8 Å². The van der Waals surface area contributed by atoms with Crippen LogP contribution < -0.4 is 4.90 Å². The van der Waals surface area contributed by atoms with Gasteiger partial charge in [0.05, 0.1) is 11.1 Å². The Balaban J connectivity index is 1.00. The SMILES string of the molecule is CC1(C)c2ccccc2-c2cccc(-c3ccccc3-c3ccc(N(c4ccc5c(c4)C(C)(c4ccccc4)c4ccccc4-5)c4cccc5oc6c7ccccc7ccc6c45)cc3)c21. The van der Waals surface area contributed by atoms with E-state index < -0.39 is 0 Å². The van der Waals surface area contributed by atoms with Gasteiger partial charge in [-0.2, -0.15) is 0 Å². The number of hydrogen-bond acceptors (Lipinski definition) is 2. The van der Waals surface area contributed by atoms with E-state index in [0.29, 0.717) is 0 Å². The summed E-state index contributed by atoms with van der Waals surface area (Å²) in [5.41, 5.74) is 21.4. The van der Waals surface area contributed by atoms with Crippen LogP contribution in [0.5, 0.6) is 0 Å². The first kappa shape index (κ1) is 37.6. The number of rotatable bonds is 6. The summed E-state index contributed by atoms with van der Waals surface area (Å²) in [5, 5.41) is 4.49. The predicted octanol–water partition coefficient (Wildman–Crippen LogP) is 17.2. The molecule has 2 aliphatic rings. The largest absolute Gasteiger partial charge is 0.455 e. The maximum Gasteiger partial charge on any atom is 0.143 e. The zero-order valence-electron chi connectivity index (χ0n) is 36.6. The standard InChI is InChI=1S/C63H45NO/c1-62(2)54-27-13-11-24-49(54)52-26-15-25-51(60(52)62)47-22-10-9-20-45(47)41-31-34-43(35-32-41)64(57-29-16-30-58-59(57)53-37-33-40-17-7-8-21-46(40)61(53)65-58)44-36-38-50-48-23-12-14-28-55(48)63(3,56(50)39-44)42-18-5-4-6-19-42/h4-39H,1-3H3. The van der Waals surface area contributed by atoms with Gasteiger partial charge in [-0.3, -0.25) is 0 Å². The maximum atomic E-state index is 6.81. The number of nitrogens with zero attached hydrogens (tertiary/aromatic N) is 1. The van der Waals surface area contributed by atoms with Gasteiger partial charge in [0, 0.05) is 33.0 Å². The molecule has 2 heteroatoms. The van der Waals surface area contributed by atoms with Crippen molar-refractivity contribution in [1.29, 1.82) is 0 Å². The van der Waals surface area contributed by atoms with Crippen LogP contribution in [0.25, 0.3) is 77.2 Å². The van der Waals surface area contributed by atoms with Crippen molar-refractivity contribution in [2.75, 3.05) is 4.90 Å². The van der Waals surface area contributed by atoms with E-state index in [1.165, 1.54) is 77.7 Å². The molecule has 1 unspecified atom stereocenters. The fraction of sp³-hybridized carbons (Fsp3) is 0.0794. The second kappa shape index (κ2) is 14.0. The molecule has 65 heavy (non-hydrogen) atoms. The van der Waals surface area contributed by atoms with Crippen molar-refractivity contribution in [1.82, 2.24) is 0 Å². The summed E-state index contributed by atoms with van der Waals surface area (Å²) in [4.78, 5) is 2.45. The second-order valence-electron chi connectivity index (χ2n) is 18.5. The van der Waals surface area contributed by atoms with Gasteiger partial charge in [-0.1, -0.05) is 190 Å². The van der Waals surface area contributed by atoms with Crippen LogP contribution in [0.15, 0.2) is 223 Å². The quantitative estimate of drug-likeness (QED) is 0.166. The van der Waals surface area contributed by atoms with E-state index in [9.17, 15) is 0 Å². The van der Waals surface area contributed by atoms with E-state index in [0.717, 1.165) is 44.4 Å². The van der Waals surface area contributed by atoms with Crippen molar-refractivity contribution >= 4 is 49.8 Å². The third-order valence-electron chi connectivity index (χ3n) is 14.7. The van der Waals surface area contributed by atoms with E-state index in [1.54, 1.807) is 0 Å². The van der Waals surface area contributed by atoms with Crippen LogP contribution in [0, 0.1) is 0 Å². The van der Waals surface area contributed by atoms with Crippen molar-refractivity contribution < 1.29 is 4.42 Å². The lowest BCUT2D eigenvalue weighted by atomic mass is 9.74. The molecule has 10 aromatic carbocycles. The first-order valence-corrected chi connectivity index (χ1v) is 22.8. The molecule has 0 bridgehead atoms. The molecule has 2 aliphatic carbocycles. The minimum atomic E-state index is -0.344. The second-order valence-corrected chi connectivity index (χ2v) is 18.5. The molecule has 2 nitrogen and oxygen atoms in total. The van der Waals surface area contributed by atoms with Gasteiger partial charge < -0.3 is 9.32 Å². The van der Waals surface area contributed by atoms with Gasteiger partial charge in [0.1, 0.15) is 11.2 Å². The van der Waals surface area contributed by atoms with E-state index >= 15 is 0 Å². The van der Waals surface area contributed by atoms with Crippen LogP contribution in [0.2, 0.25) is 0 Å². The molecule has 1 aromatic heterocycles. The summed E-state index contributed by atoms with van der Waals surface area (Å²) < 4.78 is 6.81. The van der Waals surface area contributed by atoms with Gasteiger partial charge in [0.25, 0.3) is 0 Å². The molecule has 13 rings (SSSR count). The Hall–Kier alpha value is -7.94. The lowest BCUT2D eigenvalue weighted by Gasteiger charge is -2.31. The first-order chi connectivity index (χ1) is 31.9. The zero-order chi connectivity index (χ0) is 43.4. The molecule has 11 aromatic rings. The normalized spacial score (nSPS) is 15.5. The molecule has 308 valence electrons. The molecular weight excluding hydrogens is 787 g/mol. The lowest BCUT2D eigenvalue weighted by Crippen LogP contribution is -2.22. The number of hydrogen-bond donors (Lipinski definition) is 0. The lowest BCUT2D eigenvalue weighted by molar-refractivity contribution is 0.662. The van der Waals surface area contributed by atoms with E-state index in [2.05, 4.69) is 244 Å². The summed E-state index contributed by atoms with van der Waals surface area (Å²) in [5.74, 6) is 0. The highest BCUT2D eigenvalue weighted by molar-refractivity contribution is 6.19. The van der Waals surface area contributed by atoms with Gasteiger partial charge in [-0.15, -0.1) is 0 Å². The fourth-order valence-electron chi connectivity index (χ4n) is 11.7. The average molecular weight is 832 g/mol. The molecule has 0 radical (unpaired) electrons. The van der Waals surface area contributed by atoms with Crippen molar-refractivity contribution in [2.24, 2.45) is 0 Å². The van der Waals surface area contributed by atoms with E-state index in [1.807, 2.05) is 0 Å². The first-order valence-electron chi connectivity index (χ1n) is 22.8. The topological polar surface area (TPSA) is 16.4 Å². The molecule has 1 heterocycles. The van der Waals surface area contributed by atoms with Gasteiger partial charge in [-0.25, -0.2) is 0 Å². The summed E-state index contributed by atoms with van der Waals surface area (Å²) in [6.45, 7) is 7.14. The Morgan fingerprint density at radius 1 is 0.400 bits per heavy atom. The summed E-state index contributed by atoms with van der Waals surface area (Å²) in [7, 11) is 0. The van der Waals surface area contributed by atoms with Gasteiger partial charge >= 0.3 is 0 Å². The zero-order valence-corrected chi connectivity index (χ0v) is 36.6. The van der Waals surface area contributed by atoms with Crippen LogP contribution in [0.3, 0.4) is 0 Å². The summed E-state index contributed by atoms with van der Waals surface area (Å²) >= 11 is 0. The molecule has 0 amide bonds. The molecule has 0 spiro atoms. The van der Waals surface area contributed by atoms with Crippen LogP contribution >= 0.6 is 0 Å². The molecule has 1 atom stereocenters. The maximum absolute atomic E-state index is 6.81. The molecule has 0 aliphatic heterocycles. The molecule has 0 fully saturated rings. The van der Waals surface area contributed by atoms with Gasteiger partial charge in [0.2, 0.25) is 0 Å². The Morgan fingerprint density at radius 3 is 1.80 bits per heavy atom. The smallest absolute Gasteiger partial charge is 0.143 e. The van der Waals surface area contributed by atoms with Gasteiger partial charge in [0.15, 0.2) is 0 Å². The van der Waals surface area contributed by atoms with Crippen molar-refractivity contribution in [2.45, 2.75) is 31.6 Å². The summed E-state index contributed by atoms with van der Waals surface area (Å²) in [6.07, 6.45) is 0. The number of benzene rings is 10. The van der Waals surface area contributed by atoms with Crippen LogP contribution in [0.4, 0.5) is 17.1 Å². The molecular formula is C63H45NO. The monoisotopic (exact) mass is 831 g/mol. The Morgan fingerprint density at radius 2 is 1.00 bits per heavy atom. The minimum absolute atomic E-state index is 0.127. The highest BCUT2D eigenvalue weighted by atomic mass is 16.3. The van der Waals surface area contributed by atoms with Crippen molar-refractivity contribution in [3.05, 3.63) is 246 Å². The highest BCUT2D eigenvalue weighted by Gasteiger charge is 2.41. The minimum Gasteiger partial charge on any atom is -0.455 e. The highest BCUT2D eigenvalue weighted by Crippen LogP contribution is 2.56. The average Bonchev–Trinajstić information content (AvgIpc) is 3.96. The number of anilines is 3. The Kier molecular flexibility index (Phi) is 8.12. The van der Waals surface area contributed by atoms with Crippen LogP contribution in [-0.4, -0.2) is 0 Å². The third kappa shape index (κ3) is 5.41. The fourth-order valence-corrected chi connectivity index (χ4v) is 11.7. The van der Waals surface area contributed by atoms with E-state index in [4.69, 9.17) is 4.42 Å².